The monoisotopic (exact) mass is 494 g/mol. The van der Waals surface area contributed by atoms with Crippen LogP contribution in [0.15, 0.2) is 51.5 Å². The van der Waals surface area contributed by atoms with Crippen LogP contribution in [0.25, 0.3) is 33.9 Å². The minimum atomic E-state index is 0.193. The van der Waals surface area contributed by atoms with Crippen LogP contribution < -0.4 is 0 Å². The third kappa shape index (κ3) is 4.29. The molecule has 1 fully saturated rings. The van der Waals surface area contributed by atoms with Gasteiger partial charge in [0, 0.05) is 29.5 Å². The highest BCUT2D eigenvalue weighted by molar-refractivity contribution is 9.10. The Bertz CT molecular complexity index is 1240. The Morgan fingerprint density at radius 3 is 2.69 bits per heavy atom. The summed E-state index contributed by atoms with van der Waals surface area (Å²) in [6.07, 6.45) is 5.05. The van der Waals surface area contributed by atoms with Gasteiger partial charge in [-0.3, -0.25) is 4.79 Å². The smallest absolute Gasteiger partial charge is 0.259 e. The zero-order valence-electron chi connectivity index (χ0n) is 17.6. The lowest BCUT2D eigenvalue weighted by molar-refractivity contribution is -0.131. The molecule has 0 saturated carbocycles. The van der Waals surface area contributed by atoms with Gasteiger partial charge < -0.3 is 9.42 Å². The maximum atomic E-state index is 12.6. The third-order valence-electron chi connectivity index (χ3n) is 5.80. The number of carbonyl (C=O) groups is 1. The lowest BCUT2D eigenvalue weighted by atomic mass is 10.2. The average molecular weight is 495 g/mol. The van der Waals surface area contributed by atoms with Crippen molar-refractivity contribution in [3.63, 3.8) is 0 Å². The van der Waals surface area contributed by atoms with Gasteiger partial charge in [-0.15, -0.1) is 5.10 Å². The Morgan fingerprint density at radius 2 is 1.88 bits per heavy atom. The molecule has 3 heterocycles. The van der Waals surface area contributed by atoms with Gasteiger partial charge in [-0.1, -0.05) is 35.3 Å². The van der Waals surface area contributed by atoms with E-state index in [1.807, 2.05) is 47.4 Å². The van der Waals surface area contributed by atoms with Crippen LogP contribution in [0.2, 0.25) is 0 Å². The number of hydrogen-bond donors (Lipinski definition) is 0. The van der Waals surface area contributed by atoms with Gasteiger partial charge in [0.15, 0.2) is 0 Å². The molecule has 32 heavy (non-hydrogen) atoms. The van der Waals surface area contributed by atoms with Crippen molar-refractivity contribution in [2.45, 2.75) is 38.6 Å². The number of amides is 1. The lowest BCUT2D eigenvalue weighted by Gasteiger charge is -2.20. The maximum Gasteiger partial charge on any atom is 0.259 e. The van der Waals surface area contributed by atoms with Gasteiger partial charge in [-0.05, 0) is 59.1 Å². The predicted octanol–water partition coefficient (Wildman–Crippen LogP) is 4.70. The first-order valence-corrected chi connectivity index (χ1v) is 11.7. The van der Waals surface area contributed by atoms with E-state index in [1.165, 1.54) is 12.8 Å². The van der Waals surface area contributed by atoms with Gasteiger partial charge in [0.25, 0.3) is 5.89 Å². The minimum Gasteiger partial charge on any atom is -0.343 e. The molecule has 4 aromatic rings. The summed E-state index contributed by atoms with van der Waals surface area (Å²) in [4.78, 5) is 19.1. The Balaban J connectivity index is 1.31. The van der Waals surface area contributed by atoms with Crippen molar-refractivity contribution in [1.82, 2.24) is 30.0 Å². The van der Waals surface area contributed by atoms with Crippen LogP contribution >= 0.6 is 15.9 Å². The van der Waals surface area contributed by atoms with Crippen LogP contribution in [0.3, 0.4) is 0 Å². The fraction of sp³-hybridized carbons (Fsp3) is 0.348. The molecule has 9 heteroatoms. The van der Waals surface area contributed by atoms with Crippen molar-refractivity contribution in [2.75, 3.05) is 13.1 Å². The number of benzene rings is 2. The zero-order chi connectivity index (χ0) is 21.9. The van der Waals surface area contributed by atoms with Crippen LogP contribution in [-0.2, 0) is 11.3 Å². The molecule has 1 amide bonds. The van der Waals surface area contributed by atoms with E-state index in [4.69, 9.17) is 4.52 Å². The molecule has 5 rings (SSSR count). The lowest BCUT2D eigenvalue weighted by Crippen LogP contribution is -2.32. The highest BCUT2D eigenvalue weighted by atomic mass is 79.9. The minimum absolute atomic E-state index is 0.193. The summed E-state index contributed by atoms with van der Waals surface area (Å²) in [5.74, 6) is 1.13. The van der Waals surface area contributed by atoms with Crippen molar-refractivity contribution < 1.29 is 9.32 Å². The summed E-state index contributed by atoms with van der Waals surface area (Å²) in [6.45, 7) is 2.25. The molecule has 1 aliphatic rings. The number of carbonyl (C=O) groups excluding carboxylic acids is 1. The van der Waals surface area contributed by atoms with Crippen LogP contribution in [0, 0.1) is 0 Å². The van der Waals surface area contributed by atoms with Crippen LogP contribution in [-0.4, -0.2) is 49.0 Å². The number of rotatable bonds is 5. The SMILES string of the molecule is O=C(CCn1nnc2cc(-c3noc(-c4ccccc4Br)n3)ccc21)N1CCCCCC1. The molecule has 0 aliphatic carbocycles. The summed E-state index contributed by atoms with van der Waals surface area (Å²) in [7, 11) is 0. The first-order valence-electron chi connectivity index (χ1n) is 10.9. The second-order valence-electron chi connectivity index (χ2n) is 7.96. The topological polar surface area (TPSA) is 89.9 Å². The van der Waals surface area contributed by atoms with Crippen molar-refractivity contribution in [1.29, 1.82) is 0 Å². The highest BCUT2D eigenvalue weighted by Crippen LogP contribution is 2.29. The summed E-state index contributed by atoms with van der Waals surface area (Å²) in [5, 5.41) is 12.7. The molecule has 2 aromatic heterocycles. The fourth-order valence-electron chi connectivity index (χ4n) is 4.04. The fourth-order valence-corrected chi connectivity index (χ4v) is 4.50. The molecule has 2 aromatic carbocycles. The van der Waals surface area contributed by atoms with Gasteiger partial charge in [-0.25, -0.2) is 4.68 Å². The molecule has 0 bridgehead atoms. The van der Waals surface area contributed by atoms with E-state index in [0.29, 0.717) is 24.7 Å². The van der Waals surface area contributed by atoms with Gasteiger partial charge in [0.2, 0.25) is 11.7 Å². The largest absolute Gasteiger partial charge is 0.343 e. The number of nitrogens with zero attached hydrogens (tertiary/aromatic N) is 6. The molecule has 0 atom stereocenters. The quantitative estimate of drug-likeness (QED) is 0.399. The van der Waals surface area contributed by atoms with Crippen LogP contribution in [0.1, 0.15) is 32.1 Å². The molecule has 0 unspecified atom stereocenters. The first kappa shape index (κ1) is 20.8. The van der Waals surface area contributed by atoms with E-state index < -0.39 is 0 Å². The van der Waals surface area contributed by atoms with E-state index in [-0.39, 0.29) is 5.91 Å². The average Bonchev–Trinajstić information content (AvgIpc) is 3.36. The summed E-state index contributed by atoms with van der Waals surface area (Å²) in [5.41, 5.74) is 3.25. The van der Waals surface area contributed by atoms with E-state index in [0.717, 1.165) is 52.6 Å². The highest BCUT2D eigenvalue weighted by Gasteiger charge is 2.17. The molecule has 1 aliphatic heterocycles. The second-order valence-corrected chi connectivity index (χ2v) is 8.82. The first-order chi connectivity index (χ1) is 15.7. The Labute approximate surface area is 193 Å². The third-order valence-corrected chi connectivity index (χ3v) is 6.49. The Hall–Kier alpha value is -3.07. The van der Waals surface area contributed by atoms with Crippen molar-refractivity contribution >= 4 is 32.9 Å². The molecule has 0 radical (unpaired) electrons. The number of hydrogen-bond acceptors (Lipinski definition) is 6. The Kier molecular flexibility index (Phi) is 5.98. The molecule has 1 saturated heterocycles. The van der Waals surface area contributed by atoms with Gasteiger partial charge in [0.05, 0.1) is 17.6 Å². The number of likely N-dealkylation sites (tertiary alicyclic amines) is 1. The van der Waals surface area contributed by atoms with Crippen molar-refractivity contribution in [3.8, 4) is 22.8 Å². The van der Waals surface area contributed by atoms with E-state index >= 15 is 0 Å². The molecule has 164 valence electrons. The second kappa shape index (κ2) is 9.20. The molecular formula is C23H23BrN6O2. The summed E-state index contributed by atoms with van der Waals surface area (Å²) in [6, 6.07) is 13.5. The molecule has 0 N–H and O–H groups in total. The summed E-state index contributed by atoms with van der Waals surface area (Å²) < 4.78 is 8.14. The van der Waals surface area contributed by atoms with Crippen LogP contribution in [0.5, 0.6) is 0 Å². The molecule has 8 nitrogen and oxygen atoms in total. The standard InChI is InChI=1S/C23H23BrN6O2/c24-18-8-4-3-7-17(18)23-25-22(27-32-23)16-9-10-20-19(15-16)26-28-30(20)14-11-21(31)29-12-5-1-2-6-13-29/h3-4,7-10,15H,1-2,5-6,11-14H2. The Morgan fingerprint density at radius 1 is 1.06 bits per heavy atom. The number of aryl methyl sites for hydroxylation is 1. The van der Waals surface area contributed by atoms with Crippen LogP contribution in [0.4, 0.5) is 0 Å². The van der Waals surface area contributed by atoms with E-state index in [9.17, 15) is 4.79 Å². The van der Waals surface area contributed by atoms with Crippen molar-refractivity contribution in [3.05, 3.63) is 46.9 Å². The summed E-state index contributed by atoms with van der Waals surface area (Å²) >= 11 is 3.51. The van der Waals surface area contributed by atoms with Gasteiger partial charge in [0.1, 0.15) is 5.52 Å². The van der Waals surface area contributed by atoms with Gasteiger partial charge >= 0.3 is 0 Å². The zero-order valence-corrected chi connectivity index (χ0v) is 19.2. The van der Waals surface area contributed by atoms with E-state index in [2.05, 4.69) is 36.4 Å². The maximum absolute atomic E-state index is 12.6. The van der Waals surface area contributed by atoms with E-state index in [1.54, 1.807) is 4.68 Å². The molecular weight excluding hydrogens is 472 g/mol. The van der Waals surface area contributed by atoms with Gasteiger partial charge in [-0.2, -0.15) is 4.98 Å². The molecule has 0 spiro atoms. The van der Waals surface area contributed by atoms with Crippen molar-refractivity contribution in [2.24, 2.45) is 0 Å². The number of fused-ring (bicyclic) bond motifs is 1. The predicted molar refractivity (Wildman–Crippen MR) is 124 cm³/mol. The number of halogens is 1. The normalized spacial score (nSPS) is 14.6. The number of aromatic nitrogens is 5.